The minimum Gasteiger partial charge on any atom is -0.396 e. The molecular formula is C26H49O6+. The number of aliphatic hydroxyl groups excluding tert-OH is 1. The van der Waals surface area contributed by atoms with E-state index in [0.29, 0.717) is 32.3 Å². The van der Waals surface area contributed by atoms with E-state index in [1.807, 2.05) is 13.0 Å². The fourth-order valence-corrected chi connectivity index (χ4v) is 2.13. The summed E-state index contributed by atoms with van der Waals surface area (Å²) < 4.78 is 17.2. The standard InChI is InChI=1S/C14H26O4.C6H12.C4H7O.CO.CH4/c1-4-6-9-12(5-2)14(16)18-11-8-7-10-13(15)17-3;1-3-5-6-4-2;1-2-3-4-5;1-2;/h12H,4-11H2,1-3H3;3H,1,4-6H2,2H3;1-2,5H,3-4H2;;1H4/q;;+1;;. The number of hydrogen-bond donors (Lipinski definition) is 1. The zero-order valence-corrected chi connectivity index (χ0v) is 20.2. The number of methoxy groups -OCH3 is 1. The Labute approximate surface area is 198 Å². The van der Waals surface area contributed by atoms with Crippen LogP contribution in [0.4, 0.5) is 0 Å². The van der Waals surface area contributed by atoms with E-state index in [4.69, 9.17) is 21.1 Å². The van der Waals surface area contributed by atoms with E-state index in [1.54, 1.807) is 0 Å². The van der Waals surface area contributed by atoms with Crippen LogP contribution in [0.2, 0.25) is 0 Å². The monoisotopic (exact) mass is 457 g/mol. The number of allylic oxidation sites excluding steroid dienone is 1. The van der Waals surface area contributed by atoms with Crippen molar-refractivity contribution < 1.29 is 28.8 Å². The molecule has 0 radical (unpaired) electrons. The van der Waals surface area contributed by atoms with Gasteiger partial charge >= 0.3 is 23.2 Å². The van der Waals surface area contributed by atoms with Gasteiger partial charge in [-0.25, -0.2) is 0 Å². The molecule has 0 rings (SSSR count). The van der Waals surface area contributed by atoms with Crippen LogP contribution in [0, 0.1) is 19.1 Å². The Hall–Kier alpha value is -1.97. The summed E-state index contributed by atoms with van der Waals surface area (Å²) in [4.78, 5) is 22.6. The first-order valence-electron chi connectivity index (χ1n) is 11.2. The Balaban J connectivity index is -0.000000143. The van der Waals surface area contributed by atoms with E-state index >= 15 is 0 Å². The largest absolute Gasteiger partial charge is 0.396 e. The Morgan fingerprint density at radius 3 is 2.03 bits per heavy atom. The summed E-state index contributed by atoms with van der Waals surface area (Å²) in [6, 6.07) is 0. The van der Waals surface area contributed by atoms with Crippen LogP contribution in [0.3, 0.4) is 0 Å². The molecule has 0 aromatic carbocycles. The van der Waals surface area contributed by atoms with Gasteiger partial charge in [0.15, 0.2) is 6.08 Å². The number of hydrogen-bond acceptors (Lipinski definition) is 5. The number of carbonyl (C=O) groups is 2. The first-order chi connectivity index (χ1) is 15.0. The molecule has 0 spiro atoms. The molecule has 0 aromatic rings. The maximum absolute atomic E-state index is 11.7. The van der Waals surface area contributed by atoms with Crippen molar-refractivity contribution in [3.05, 3.63) is 32.0 Å². The van der Waals surface area contributed by atoms with E-state index in [-0.39, 0.29) is 31.9 Å². The van der Waals surface area contributed by atoms with Gasteiger partial charge in [-0.05, 0) is 32.1 Å². The zero-order valence-electron chi connectivity index (χ0n) is 20.2. The van der Waals surface area contributed by atoms with Crippen LogP contribution >= 0.6 is 0 Å². The molecular weight excluding hydrogens is 408 g/mol. The maximum Gasteiger partial charge on any atom is 0.201 e. The van der Waals surface area contributed by atoms with E-state index in [0.717, 1.165) is 25.7 Å². The second kappa shape index (κ2) is 39.5. The van der Waals surface area contributed by atoms with Gasteiger partial charge in [-0.2, -0.15) is 0 Å². The Morgan fingerprint density at radius 1 is 1.09 bits per heavy atom. The summed E-state index contributed by atoms with van der Waals surface area (Å²) in [5.41, 5.74) is 0. The first-order valence-corrected chi connectivity index (χ1v) is 11.2. The minimum atomic E-state index is -0.212. The predicted octanol–water partition coefficient (Wildman–Crippen LogP) is 6.41. The number of carbonyl (C=O) groups excluding carboxylic acids is 2. The van der Waals surface area contributed by atoms with Crippen molar-refractivity contribution in [2.45, 2.75) is 98.8 Å². The van der Waals surface area contributed by atoms with Crippen molar-refractivity contribution in [3.8, 4) is 0 Å². The number of unbranched alkanes of at least 4 members (excludes halogenated alkanes) is 4. The zero-order chi connectivity index (χ0) is 24.8. The molecule has 0 fully saturated rings. The topological polar surface area (TPSA) is 92.7 Å². The molecule has 0 aliphatic rings. The molecule has 1 unspecified atom stereocenters. The molecule has 0 aromatic heterocycles. The van der Waals surface area contributed by atoms with E-state index in [1.165, 1.54) is 32.4 Å². The fourth-order valence-electron chi connectivity index (χ4n) is 2.13. The Bertz CT molecular complexity index is 418. The average Bonchev–Trinajstić information content (AvgIpc) is 2.80. The molecule has 0 heterocycles. The molecule has 0 saturated carbocycles. The van der Waals surface area contributed by atoms with Crippen LogP contribution < -0.4 is 0 Å². The third kappa shape index (κ3) is 38.6. The van der Waals surface area contributed by atoms with Gasteiger partial charge < -0.3 is 14.6 Å². The minimum absolute atomic E-state index is 0. The molecule has 0 aliphatic heterocycles. The van der Waals surface area contributed by atoms with Gasteiger partial charge in [-0.3, -0.25) is 9.59 Å². The van der Waals surface area contributed by atoms with Crippen LogP contribution in [0.25, 0.3) is 0 Å². The smallest absolute Gasteiger partial charge is 0.201 e. The molecule has 0 bridgehead atoms. The quantitative estimate of drug-likeness (QED) is 0.101. The summed E-state index contributed by atoms with van der Waals surface area (Å²) in [6.07, 6.45) is 13.5. The molecule has 0 aliphatic carbocycles. The van der Waals surface area contributed by atoms with E-state index in [9.17, 15) is 9.59 Å². The van der Waals surface area contributed by atoms with Crippen LogP contribution in [0.5, 0.6) is 0 Å². The summed E-state index contributed by atoms with van der Waals surface area (Å²) in [5.74, 6) is -0.273. The second-order valence-electron chi connectivity index (χ2n) is 6.63. The SMILES string of the molecule is C.C=CCCCC.CCCCC(CC)C(=O)OCCCCC(=O)OC.[C-]#[O+].[CH+]=CCCO. The van der Waals surface area contributed by atoms with Crippen molar-refractivity contribution in [2.75, 3.05) is 20.3 Å². The molecule has 1 atom stereocenters. The van der Waals surface area contributed by atoms with Gasteiger partial charge in [0.2, 0.25) is 6.58 Å². The van der Waals surface area contributed by atoms with Gasteiger partial charge in [0, 0.05) is 12.8 Å². The van der Waals surface area contributed by atoms with Gasteiger partial charge in [0.25, 0.3) is 0 Å². The molecule has 6 heteroatoms. The van der Waals surface area contributed by atoms with Crippen LogP contribution in [0.1, 0.15) is 98.8 Å². The summed E-state index contributed by atoms with van der Waals surface area (Å²) in [5, 5.41) is 7.96. The number of aliphatic hydroxyl groups is 1. The van der Waals surface area contributed by atoms with E-state index < -0.39 is 0 Å². The molecule has 1 N–H and O–H groups in total. The van der Waals surface area contributed by atoms with Crippen molar-refractivity contribution in [3.63, 3.8) is 0 Å². The molecule has 0 saturated heterocycles. The molecule has 188 valence electrons. The van der Waals surface area contributed by atoms with E-state index in [2.05, 4.69) is 31.8 Å². The average molecular weight is 458 g/mol. The van der Waals surface area contributed by atoms with Gasteiger partial charge in [0.05, 0.1) is 26.2 Å². The Morgan fingerprint density at radius 2 is 1.69 bits per heavy atom. The van der Waals surface area contributed by atoms with Crippen LogP contribution in [-0.2, 0) is 23.7 Å². The summed E-state index contributed by atoms with van der Waals surface area (Å²) in [7, 11) is 1.38. The first kappa shape index (κ1) is 40.4. The van der Waals surface area contributed by atoms with Gasteiger partial charge in [-0.15, -0.1) is 6.58 Å². The number of esters is 2. The summed E-state index contributed by atoms with van der Waals surface area (Å²) in [6.45, 7) is 19.8. The van der Waals surface area contributed by atoms with Gasteiger partial charge in [-0.1, -0.05) is 60.0 Å². The molecule has 6 nitrogen and oxygen atoms in total. The third-order valence-corrected chi connectivity index (χ3v) is 4.04. The fraction of sp³-hybridized carbons (Fsp3) is 0.731. The van der Waals surface area contributed by atoms with Crippen molar-refractivity contribution in [2.24, 2.45) is 5.92 Å². The normalized spacial score (nSPS) is 9.44. The van der Waals surface area contributed by atoms with Crippen molar-refractivity contribution in [1.82, 2.24) is 0 Å². The maximum atomic E-state index is 11.7. The summed E-state index contributed by atoms with van der Waals surface area (Å²) >= 11 is 0. The molecule has 0 amide bonds. The van der Waals surface area contributed by atoms with Crippen LogP contribution in [0.15, 0.2) is 18.7 Å². The van der Waals surface area contributed by atoms with Crippen molar-refractivity contribution in [1.29, 1.82) is 0 Å². The van der Waals surface area contributed by atoms with Gasteiger partial charge in [0.1, 0.15) is 0 Å². The Kier molecular flexibility index (Phi) is 49.9. The predicted molar refractivity (Wildman–Crippen MR) is 131 cm³/mol. The number of rotatable bonds is 15. The second-order valence-corrected chi connectivity index (χ2v) is 6.63. The number of ether oxygens (including phenoxy) is 2. The van der Waals surface area contributed by atoms with Crippen LogP contribution in [-0.4, -0.2) is 37.4 Å². The van der Waals surface area contributed by atoms with Crippen molar-refractivity contribution >= 4 is 11.9 Å². The third-order valence-electron chi connectivity index (χ3n) is 4.04. The molecule has 32 heavy (non-hydrogen) atoms.